The van der Waals surface area contributed by atoms with Gasteiger partial charge in [0.1, 0.15) is 0 Å². The lowest BCUT2D eigenvalue weighted by molar-refractivity contribution is -0.118. The van der Waals surface area contributed by atoms with Gasteiger partial charge in [0, 0.05) is 6.04 Å². The number of nitrogens with one attached hydrogen (secondary N) is 1. The zero-order valence-corrected chi connectivity index (χ0v) is 11.6. The van der Waals surface area contributed by atoms with Crippen LogP contribution >= 0.6 is 0 Å². The monoisotopic (exact) mass is 274 g/mol. The number of carbonyl (C=O) groups excluding carboxylic acids is 2. The smallest absolute Gasteiger partial charge is 0.339 e. The fourth-order valence-corrected chi connectivity index (χ4v) is 2.19. The average Bonchev–Trinajstić information content (AvgIpc) is 2.86. The molecule has 1 aliphatic rings. The predicted octanol–water partition coefficient (Wildman–Crippen LogP) is 1.62. The molecule has 106 valence electrons. The SMILES string of the molecule is COC(=O)c1cc(C)ccc1NC(=O)C1C=CC(N)C1. The number of rotatable bonds is 3. The first-order valence-corrected chi connectivity index (χ1v) is 6.45. The maximum atomic E-state index is 12.1. The van der Waals surface area contributed by atoms with Crippen LogP contribution in [0.2, 0.25) is 0 Å². The average molecular weight is 274 g/mol. The van der Waals surface area contributed by atoms with Gasteiger partial charge in [0.15, 0.2) is 0 Å². The molecule has 0 aromatic heterocycles. The van der Waals surface area contributed by atoms with Gasteiger partial charge in [-0.1, -0.05) is 23.8 Å². The van der Waals surface area contributed by atoms with Crippen LogP contribution in [0.5, 0.6) is 0 Å². The standard InChI is InChI=1S/C15H18N2O3/c1-9-3-6-13(12(7-9)15(19)20-2)17-14(18)10-4-5-11(16)8-10/h3-7,10-11H,8,16H2,1-2H3,(H,17,18). The molecule has 5 heteroatoms. The zero-order valence-electron chi connectivity index (χ0n) is 11.6. The third kappa shape index (κ3) is 3.05. The summed E-state index contributed by atoms with van der Waals surface area (Å²) in [5, 5.41) is 2.77. The second-order valence-corrected chi connectivity index (χ2v) is 4.92. The van der Waals surface area contributed by atoms with Crippen LogP contribution in [0.3, 0.4) is 0 Å². The van der Waals surface area contributed by atoms with Gasteiger partial charge in [-0.3, -0.25) is 4.79 Å². The summed E-state index contributed by atoms with van der Waals surface area (Å²) < 4.78 is 4.73. The van der Waals surface area contributed by atoms with Crippen LogP contribution in [-0.4, -0.2) is 25.0 Å². The Kier molecular flexibility index (Phi) is 4.20. The molecule has 5 nitrogen and oxygen atoms in total. The van der Waals surface area contributed by atoms with Gasteiger partial charge < -0.3 is 15.8 Å². The molecule has 0 saturated heterocycles. The highest BCUT2D eigenvalue weighted by Crippen LogP contribution is 2.22. The molecule has 0 fully saturated rings. The largest absolute Gasteiger partial charge is 0.465 e. The molecule has 3 N–H and O–H groups in total. The number of anilines is 1. The first-order chi connectivity index (χ1) is 9.51. The number of benzene rings is 1. The highest BCUT2D eigenvalue weighted by molar-refractivity contribution is 6.02. The molecule has 1 amide bonds. The Balaban J connectivity index is 2.19. The lowest BCUT2D eigenvalue weighted by Gasteiger charge is -2.13. The van der Waals surface area contributed by atoms with Crippen molar-refractivity contribution in [2.45, 2.75) is 19.4 Å². The summed E-state index contributed by atoms with van der Waals surface area (Å²) >= 11 is 0. The van der Waals surface area contributed by atoms with Gasteiger partial charge in [-0.05, 0) is 25.5 Å². The van der Waals surface area contributed by atoms with Gasteiger partial charge in [0.05, 0.1) is 24.3 Å². The molecule has 0 bridgehead atoms. The summed E-state index contributed by atoms with van der Waals surface area (Å²) in [7, 11) is 1.31. The van der Waals surface area contributed by atoms with E-state index in [2.05, 4.69) is 5.32 Å². The summed E-state index contributed by atoms with van der Waals surface area (Å²) in [6, 6.07) is 5.15. The van der Waals surface area contributed by atoms with Gasteiger partial charge >= 0.3 is 5.97 Å². The summed E-state index contributed by atoms with van der Waals surface area (Å²) in [5.74, 6) is -0.886. The van der Waals surface area contributed by atoms with E-state index >= 15 is 0 Å². The molecule has 0 heterocycles. The second kappa shape index (κ2) is 5.88. The Morgan fingerprint density at radius 2 is 2.10 bits per heavy atom. The topological polar surface area (TPSA) is 81.4 Å². The van der Waals surface area contributed by atoms with Crippen molar-refractivity contribution >= 4 is 17.6 Å². The fraction of sp³-hybridized carbons (Fsp3) is 0.333. The van der Waals surface area contributed by atoms with E-state index in [1.165, 1.54) is 7.11 Å². The number of esters is 1. The van der Waals surface area contributed by atoms with Crippen LogP contribution in [-0.2, 0) is 9.53 Å². The van der Waals surface area contributed by atoms with Crippen molar-refractivity contribution in [3.8, 4) is 0 Å². The number of amides is 1. The molecule has 2 rings (SSSR count). The van der Waals surface area contributed by atoms with E-state index in [1.54, 1.807) is 18.2 Å². The number of carbonyl (C=O) groups is 2. The van der Waals surface area contributed by atoms with Crippen molar-refractivity contribution in [1.82, 2.24) is 0 Å². The van der Waals surface area contributed by atoms with Crippen LogP contribution in [0.25, 0.3) is 0 Å². The molecule has 0 spiro atoms. The number of ether oxygens (including phenoxy) is 1. The van der Waals surface area contributed by atoms with Crippen molar-refractivity contribution in [1.29, 1.82) is 0 Å². The van der Waals surface area contributed by atoms with Crippen LogP contribution in [0, 0.1) is 12.8 Å². The molecule has 1 aliphatic carbocycles. The van der Waals surface area contributed by atoms with Crippen molar-refractivity contribution in [2.24, 2.45) is 11.7 Å². The summed E-state index contributed by atoms with van der Waals surface area (Å²) in [6.45, 7) is 1.87. The van der Waals surface area contributed by atoms with Crippen molar-refractivity contribution < 1.29 is 14.3 Å². The number of nitrogens with two attached hydrogens (primary N) is 1. The quantitative estimate of drug-likeness (QED) is 0.648. The van der Waals surface area contributed by atoms with Crippen molar-refractivity contribution in [3.63, 3.8) is 0 Å². The lowest BCUT2D eigenvalue weighted by Crippen LogP contribution is -2.25. The Morgan fingerprint density at radius 3 is 2.70 bits per heavy atom. The predicted molar refractivity (Wildman–Crippen MR) is 76.4 cm³/mol. The first kappa shape index (κ1) is 14.3. The highest BCUT2D eigenvalue weighted by Gasteiger charge is 2.24. The summed E-state index contributed by atoms with van der Waals surface area (Å²) in [5.41, 5.74) is 7.47. The molecule has 2 atom stereocenters. The van der Waals surface area contributed by atoms with Gasteiger partial charge in [0.2, 0.25) is 5.91 Å². The second-order valence-electron chi connectivity index (χ2n) is 4.92. The zero-order chi connectivity index (χ0) is 14.7. The van der Waals surface area contributed by atoms with Gasteiger partial charge in [0.25, 0.3) is 0 Å². The molecule has 1 aromatic carbocycles. The van der Waals surface area contributed by atoms with Crippen LogP contribution in [0.4, 0.5) is 5.69 Å². The molecule has 0 radical (unpaired) electrons. The molecule has 0 saturated carbocycles. The third-order valence-electron chi connectivity index (χ3n) is 3.29. The minimum absolute atomic E-state index is 0.0798. The number of aryl methyl sites for hydroxylation is 1. The number of methoxy groups -OCH3 is 1. The van der Waals surface area contributed by atoms with Gasteiger partial charge in [-0.15, -0.1) is 0 Å². The van der Waals surface area contributed by atoms with E-state index in [1.807, 2.05) is 19.1 Å². The van der Waals surface area contributed by atoms with Gasteiger partial charge in [-0.2, -0.15) is 0 Å². The summed E-state index contributed by atoms with van der Waals surface area (Å²) in [4.78, 5) is 23.9. The van der Waals surface area contributed by atoms with E-state index in [0.29, 0.717) is 17.7 Å². The molecule has 0 aliphatic heterocycles. The van der Waals surface area contributed by atoms with Crippen LogP contribution in [0.15, 0.2) is 30.4 Å². The van der Waals surface area contributed by atoms with E-state index < -0.39 is 5.97 Å². The van der Waals surface area contributed by atoms with E-state index in [4.69, 9.17) is 10.5 Å². The van der Waals surface area contributed by atoms with E-state index in [-0.39, 0.29) is 17.9 Å². The van der Waals surface area contributed by atoms with Crippen LogP contribution < -0.4 is 11.1 Å². The fourth-order valence-electron chi connectivity index (χ4n) is 2.19. The molecular weight excluding hydrogens is 256 g/mol. The lowest BCUT2D eigenvalue weighted by atomic mass is 10.1. The normalized spacial score (nSPS) is 20.8. The molecule has 20 heavy (non-hydrogen) atoms. The molecule has 2 unspecified atom stereocenters. The Bertz CT molecular complexity index is 566. The van der Waals surface area contributed by atoms with Gasteiger partial charge in [-0.25, -0.2) is 4.79 Å². The summed E-state index contributed by atoms with van der Waals surface area (Å²) in [6.07, 6.45) is 4.21. The maximum absolute atomic E-state index is 12.1. The molecular formula is C15H18N2O3. The molecule has 1 aromatic rings. The van der Waals surface area contributed by atoms with E-state index in [9.17, 15) is 9.59 Å². The van der Waals surface area contributed by atoms with Crippen molar-refractivity contribution in [2.75, 3.05) is 12.4 Å². The highest BCUT2D eigenvalue weighted by atomic mass is 16.5. The van der Waals surface area contributed by atoms with E-state index in [0.717, 1.165) is 5.56 Å². The first-order valence-electron chi connectivity index (χ1n) is 6.45. The van der Waals surface area contributed by atoms with Crippen molar-refractivity contribution in [3.05, 3.63) is 41.5 Å². The minimum Gasteiger partial charge on any atom is -0.465 e. The third-order valence-corrected chi connectivity index (χ3v) is 3.29. The Morgan fingerprint density at radius 1 is 1.35 bits per heavy atom. The minimum atomic E-state index is -0.470. The Hall–Kier alpha value is -2.14. The van der Waals surface area contributed by atoms with Crippen LogP contribution in [0.1, 0.15) is 22.3 Å². The Labute approximate surface area is 117 Å². The number of hydrogen-bond acceptors (Lipinski definition) is 4. The maximum Gasteiger partial charge on any atom is 0.339 e. The number of hydrogen-bond donors (Lipinski definition) is 2.